The van der Waals surface area contributed by atoms with Gasteiger partial charge in [0.2, 0.25) is 0 Å². The highest BCUT2D eigenvalue weighted by molar-refractivity contribution is 5.60. The van der Waals surface area contributed by atoms with E-state index in [1.54, 1.807) is 12.4 Å². The highest BCUT2D eigenvalue weighted by atomic mass is 16.2. The van der Waals surface area contributed by atoms with E-state index in [1.807, 2.05) is 6.92 Å². The third-order valence-electron chi connectivity index (χ3n) is 2.67. The Bertz CT molecular complexity index is 655. The van der Waals surface area contributed by atoms with Crippen molar-refractivity contribution in [2.75, 3.05) is 11.1 Å². The average molecular weight is 264 g/mol. The molecular formula is C11H16N6O2. The van der Waals surface area contributed by atoms with Crippen molar-refractivity contribution < 1.29 is 0 Å². The van der Waals surface area contributed by atoms with E-state index in [0.717, 1.165) is 6.42 Å². The van der Waals surface area contributed by atoms with Gasteiger partial charge in [0.05, 0.1) is 6.54 Å². The van der Waals surface area contributed by atoms with Crippen molar-refractivity contribution >= 4 is 11.5 Å². The summed E-state index contributed by atoms with van der Waals surface area (Å²) < 4.78 is 1.34. The Morgan fingerprint density at radius 3 is 2.89 bits per heavy atom. The molecule has 0 saturated carbocycles. The van der Waals surface area contributed by atoms with Gasteiger partial charge < -0.3 is 16.0 Å². The maximum Gasteiger partial charge on any atom is 0.330 e. The lowest BCUT2D eigenvalue weighted by molar-refractivity contribution is 0.642. The largest absolute Gasteiger partial charge is 0.383 e. The Morgan fingerprint density at radius 1 is 1.47 bits per heavy atom. The molecule has 8 heteroatoms. The molecule has 0 amide bonds. The zero-order valence-electron chi connectivity index (χ0n) is 10.6. The van der Waals surface area contributed by atoms with Crippen LogP contribution in [0.15, 0.2) is 22.0 Å². The molecule has 5 N–H and O–H groups in total. The minimum atomic E-state index is -0.526. The van der Waals surface area contributed by atoms with E-state index >= 15 is 0 Å². The maximum atomic E-state index is 11.7. The number of H-pyrrole nitrogens is 2. The zero-order chi connectivity index (χ0) is 13.8. The Labute approximate surface area is 108 Å². The quantitative estimate of drug-likeness (QED) is 0.599. The van der Waals surface area contributed by atoms with Crippen LogP contribution in [0.3, 0.4) is 0 Å². The Hall–Kier alpha value is -2.51. The van der Waals surface area contributed by atoms with Gasteiger partial charge >= 0.3 is 5.69 Å². The monoisotopic (exact) mass is 264 g/mol. The SMILES string of the molecule is CCCn1c(N)c(NCc2ncc[nH]2)c(=O)[nH]c1=O. The van der Waals surface area contributed by atoms with Gasteiger partial charge in [-0.3, -0.25) is 14.3 Å². The Kier molecular flexibility index (Phi) is 3.69. The summed E-state index contributed by atoms with van der Waals surface area (Å²) in [7, 11) is 0. The van der Waals surface area contributed by atoms with Crippen molar-refractivity contribution in [2.45, 2.75) is 26.4 Å². The summed E-state index contributed by atoms with van der Waals surface area (Å²) >= 11 is 0. The van der Waals surface area contributed by atoms with Gasteiger partial charge in [0.15, 0.2) is 0 Å². The van der Waals surface area contributed by atoms with E-state index < -0.39 is 11.2 Å². The van der Waals surface area contributed by atoms with Crippen LogP contribution < -0.4 is 22.3 Å². The van der Waals surface area contributed by atoms with Crippen LogP contribution in [0.1, 0.15) is 19.2 Å². The van der Waals surface area contributed by atoms with Gasteiger partial charge in [0, 0.05) is 18.9 Å². The third-order valence-corrected chi connectivity index (χ3v) is 2.67. The molecule has 0 bridgehead atoms. The first-order valence-corrected chi connectivity index (χ1v) is 5.98. The molecule has 0 unspecified atom stereocenters. The van der Waals surface area contributed by atoms with Crippen LogP contribution in [0.25, 0.3) is 0 Å². The first-order chi connectivity index (χ1) is 9.13. The molecule has 2 aromatic heterocycles. The lowest BCUT2D eigenvalue weighted by Crippen LogP contribution is -2.34. The van der Waals surface area contributed by atoms with Gasteiger partial charge in [-0.25, -0.2) is 9.78 Å². The summed E-state index contributed by atoms with van der Waals surface area (Å²) in [6.07, 6.45) is 4.04. The second-order valence-electron chi connectivity index (χ2n) is 4.06. The molecule has 0 saturated heterocycles. The number of nitrogens with one attached hydrogen (secondary N) is 3. The van der Waals surface area contributed by atoms with Crippen molar-refractivity contribution in [3.8, 4) is 0 Å². The fourth-order valence-electron chi connectivity index (χ4n) is 1.77. The van der Waals surface area contributed by atoms with Crippen molar-refractivity contribution in [1.82, 2.24) is 19.5 Å². The highest BCUT2D eigenvalue weighted by Crippen LogP contribution is 2.11. The third kappa shape index (κ3) is 2.67. The Morgan fingerprint density at radius 2 is 2.26 bits per heavy atom. The Balaban J connectivity index is 2.31. The molecule has 0 atom stereocenters. The number of imidazole rings is 1. The smallest absolute Gasteiger partial charge is 0.330 e. The van der Waals surface area contributed by atoms with Crippen LogP contribution in [-0.2, 0) is 13.1 Å². The van der Waals surface area contributed by atoms with Crippen LogP contribution in [0.4, 0.5) is 11.5 Å². The van der Waals surface area contributed by atoms with Crippen LogP contribution in [0.5, 0.6) is 0 Å². The fraction of sp³-hybridized carbons (Fsp3) is 0.364. The number of hydrogen-bond donors (Lipinski definition) is 4. The van der Waals surface area contributed by atoms with Crippen molar-refractivity contribution in [1.29, 1.82) is 0 Å². The minimum absolute atomic E-state index is 0.141. The van der Waals surface area contributed by atoms with Crippen molar-refractivity contribution in [3.05, 3.63) is 39.1 Å². The molecule has 0 aliphatic carbocycles. The van der Waals surface area contributed by atoms with E-state index in [4.69, 9.17) is 5.73 Å². The molecule has 8 nitrogen and oxygen atoms in total. The number of hydrogen-bond acceptors (Lipinski definition) is 5. The first-order valence-electron chi connectivity index (χ1n) is 5.98. The molecule has 19 heavy (non-hydrogen) atoms. The predicted molar refractivity (Wildman–Crippen MR) is 71.9 cm³/mol. The summed E-state index contributed by atoms with van der Waals surface area (Å²) in [6.45, 7) is 2.70. The van der Waals surface area contributed by atoms with Crippen molar-refractivity contribution in [3.63, 3.8) is 0 Å². The molecular weight excluding hydrogens is 248 g/mol. The van der Waals surface area contributed by atoms with Gasteiger partial charge in [0.25, 0.3) is 5.56 Å². The molecule has 0 aromatic carbocycles. The molecule has 2 heterocycles. The summed E-state index contributed by atoms with van der Waals surface area (Å²) in [5, 5.41) is 2.89. The van der Waals surface area contributed by atoms with Crippen molar-refractivity contribution in [2.24, 2.45) is 0 Å². The molecule has 0 spiro atoms. The molecule has 2 aromatic rings. The lowest BCUT2D eigenvalue weighted by Gasteiger charge is -2.12. The number of nitrogens with zero attached hydrogens (tertiary/aromatic N) is 2. The molecule has 0 fully saturated rings. The lowest BCUT2D eigenvalue weighted by atomic mass is 10.4. The van der Waals surface area contributed by atoms with E-state index in [1.165, 1.54) is 4.57 Å². The van der Waals surface area contributed by atoms with Crippen LogP contribution in [0.2, 0.25) is 0 Å². The number of nitrogen functional groups attached to an aromatic ring is 1. The maximum absolute atomic E-state index is 11.7. The molecule has 0 radical (unpaired) electrons. The summed E-state index contributed by atoms with van der Waals surface area (Å²) in [5.41, 5.74) is 5.03. The number of aromatic amines is 2. The standard InChI is InChI=1S/C11H16N6O2/c1-2-5-17-9(12)8(10(18)16-11(17)19)15-6-7-13-3-4-14-7/h3-4,15H,2,5-6,12H2,1H3,(H,13,14)(H,16,18,19). The highest BCUT2D eigenvalue weighted by Gasteiger charge is 2.11. The molecule has 0 aliphatic rings. The number of rotatable bonds is 5. The molecule has 0 aliphatic heterocycles. The van der Waals surface area contributed by atoms with Gasteiger partial charge in [-0.15, -0.1) is 0 Å². The second kappa shape index (κ2) is 5.42. The van der Waals surface area contributed by atoms with Crippen LogP contribution in [0, 0.1) is 0 Å². The van der Waals surface area contributed by atoms with Gasteiger partial charge in [-0.2, -0.15) is 0 Å². The van der Waals surface area contributed by atoms with Gasteiger partial charge in [0.1, 0.15) is 17.3 Å². The molecule has 102 valence electrons. The summed E-state index contributed by atoms with van der Waals surface area (Å²) in [5.74, 6) is 0.814. The fourth-order valence-corrected chi connectivity index (χ4v) is 1.77. The average Bonchev–Trinajstić information content (AvgIpc) is 2.87. The van der Waals surface area contributed by atoms with E-state index in [0.29, 0.717) is 18.9 Å². The summed E-state index contributed by atoms with van der Waals surface area (Å²) in [4.78, 5) is 32.5. The normalized spacial score (nSPS) is 10.6. The van der Waals surface area contributed by atoms with Crippen LogP contribution in [-0.4, -0.2) is 19.5 Å². The first kappa shape index (κ1) is 12.9. The van der Waals surface area contributed by atoms with Crippen LogP contribution >= 0.6 is 0 Å². The van der Waals surface area contributed by atoms with E-state index in [2.05, 4.69) is 20.3 Å². The summed E-state index contributed by atoms with van der Waals surface area (Å²) in [6, 6.07) is 0. The zero-order valence-corrected chi connectivity index (χ0v) is 10.6. The number of nitrogens with two attached hydrogens (primary N) is 1. The van der Waals surface area contributed by atoms with Gasteiger partial charge in [-0.05, 0) is 6.42 Å². The van der Waals surface area contributed by atoms with Gasteiger partial charge in [-0.1, -0.05) is 6.92 Å². The predicted octanol–water partition coefficient (Wildman–Crippen LogP) is -0.136. The minimum Gasteiger partial charge on any atom is -0.383 e. The van der Waals surface area contributed by atoms with E-state index in [-0.39, 0.29) is 11.5 Å². The molecule has 2 rings (SSSR count). The topological polar surface area (TPSA) is 122 Å². The number of aromatic nitrogens is 4. The number of anilines is 2. The van der Waals surface area contributed by atoms with E-state index in [9.17, 15) is 9.59 Å². The second-order valence-corrected chi connectivity index (χ2v) is 4.06.